The molecule has 12 heteroatoms. The zero-order valence-corrected chi connectivity index (χ0v) is 23.8. The zero-order valence-electron chi connectivity index (χ0n) is 22.3. The van der Waals surface area contributed by atoms with Crippen molar-refractivity contribution < 1.29 is 28.2 Å². The van der Waals surface area contributed by atoms with Crippen molar-refractivity contribution in [1.82, 2.24) is 9.97 Å². The average molecular weight is 577 g/mol. The molecule has 4 rings (SSSR count). The Labute approximate surface area is 236 Å². The second-order valence-corrected chi connectivity index (χ2v) is 11.3. The van der Waals surface area contributed by atoms with E-state index in [-0.39, 0.29) is 33.1 Å². The van der Waals surface area contributed by atoms with Gasteiger partial charge in [0.2, 0.25) is 5.89 Å². The normalized spacial score (nSPS) is 14.8. The number of nitrogens with zero attached hydrogens (tertiary/aromatic N) is 2. The Kier molecular flexibility index (Phi) is 7.99. The molecule has 2 amide bonds. The summed E-state index contributed by atoms with van der Waals surface area (Å²) in [6, 6.07) is 5.17. The van der Waals surface area contributed by atoms with Crippen LogP contribution in [0.4, 0.5) is 10.5 Å². The number of oxazole rings is 1. The third-order valence-corrected chi connectivity index (χ3v) is 7.26. The first kappa shape index (κ1) is 28.5. The predicted molar refractivity (Wildman–Crippen MR) is 146 cm³/mol. The van der Waals surface area contributed by atoms with Gasteiger partial charge in [-0.3, -0.25) is 9.78 Å². The van der Waals surface area contributed by atoms with E-state index in [1.807, 2.05) is 20.8 Å². The third-order valence-electron chi connectivity index (χ3n) is 6.69. The molecule has 2 aromatic heterocycles. The van der Waals surface area contributed by atoms with Crippen LogP contribution < -0.4 is 20.5 Å². The number of aromatic nitrogens is 2. The van der Waals surface area contributed by atoms with Gasteiger partial charge in [0, 0.05) is 23.4 Å². The Morgan fingerprint density at radius 1 is 1.13 bits per heavy atom. The molecule has 1 aliphatic rings. The second kappa shape index (κ2) is 10.9. The molecule has 1 aliphatic carbocycles. The quantitative estimate of drug-likeness (QED) is 0.296. The minimum Gasteiger partial charge on any atom is -0.493 e. The van der Waals surface area contributed by atoms with E-state index in [0.717, 1.165) is 12.8 Å². The van der Waals surface area contributed by atoms with Gasteiger partial charge in [-0.1, -0.05) is 44.0 Å². The van der Waals surface area contributed by atoms with Gasteiger partial charge in [0.1, 0.15) is 0 Å². The molecular weight excluding hydrogens is 547 g/mol. The molecule has 1 atom stereocenters. The van der Waals surface area contributed by atoms with Crippen LogP contribution in [-0.4, -0.2) is 35.7 Å². The summed E-state index contributed by atoms with van der Waals surface area (Å²) in [6.45, 7) is 7.60. The van der Waals surface area contributed by atoms with Crippen LogP contribution in [0.3, 0.4) is 0 Å². The highest BCUT2D eigenvalue weighted by Gasteiger charge is 2.49. The molecule has 0 bridgehead atoms. The molecule has 0 saturated heterocycles. The zero-order chi connectivity index (χ0) is 28.5. The predicted octanol–water partition coefficient (Wildman–Crippen LogP) is 6.45. The van der Waals surface area contributed by atoms with E-state index in [4.69, 9.17) is 47.6 Å². The Hall–Kier alpha value is -3.50. The maximum Gasteiger partial charge on any atom is 0.405 e. The Morgan fingerprint density at radius 3 is 2.36 bits per heavy atom. The summed E-state index contributed by atoms with van der Waals surface area (Å²) in [6.07, 6.45) is 3.89. The van der Waals surface area contributed by atoms with Crippen LogP contribution in [0.5, 0.6) is 11.5 Å². The number of anilines is 1. The first-order chi connectivity index (χ1) is 18.3. The molecule has 0 spiro atoms. The van der Waals surface area contributed by atoms with Gasteiger partial charge in [0.05, 0.1) is 29.4 Å². The van der Waals surface area contributed by atoms with Gasteiger partial charge in [-0.2, -0.15) is 0 Å². The number of ether oxygens (including phenoxy) is 3. The fourth-order valence-corrected chi connectivity index (χ4v) is 4.24. The molecule has 0 radical (unpaired) electrons. The minimum absolute atomic E-state index is 0.0149. The van der Waals surface area contributed by atoms with Crippen molar-refractivity contribution >= 4 is 40.9 Å². The lowest BCUT2D eigenvalue weighted by Gasteiger charge is -2.38. The summed E-state index contributed by atoms with van der Waals surface area (Å²) in [5.74, 6) is 0.950. The topological polar surface area (TPSA) is 139 Å². The molecule has 208 valence electrons. The lowest BCUT2D eigenvalue weighted by atomic mass is 9.75. The highest BCUT2D eigenvalue weighted by molar-refractivity contribution is 6.39. The first-order valence-electron chi connectivity index (χ1n) is 12.3. The average Bonchev–Trinajstić information content (AvgIpc) is 3.58. The summed E-state index contributed by atoms with van der Waals surface area (Å²) in [4.78, 5) is 34.0. The molecular formula is C27H30Cl2N4O6. The van der Waals surface area contributed by atoms with Crippen LogP contribution in [0.2, 0.25) is 10.0 Å². The molecule has 1 unspecified atom stereocenters. The number of carbonyl (C=O) groups excluding carboxylic acids is 2. The number of methoxy groups -OCH3 is 1. The van der Waals surface area contributed by atoms with Gasteiger partial charge in [0.25, 0.3) is 5.91 Å². The monoisotopic (exact) mass is 576 g/mol. The number of carbonyl (C=O) groups is 2. The summed E-state index contributed by atoms with van der Waals surface area (Å²) in [5, 5.41) is 2.92. The fraction of sp³-hybridized carbons (Fsp3) is 0.407. The number of pyridine rings is 1. The molecule has 0 aliphatic heterocycles. The van der Waals surface area contributed by atoms with Crippen LogP contribution in [0.15, 0.2) is 35.0 Å². The van der Waals surface area contributed by atoms with Crippen molar-refractivity contribution in [3.63, 3.8) is 0 Å². The van der Waals surface area contributed by atoms with Crippen molar-refractivity contribution in [2.75, 3.05) is 19.0 Å². The van der Waals surface area contributed by atoms with Crippen LogP contribution in [-0.2, 0) is 10.3 Å². The molecule has 1 aromatic carbocycles. The van der Waals surface area contributed by atoms with E-state index < -0.39 is 23.0 Å². The molecule has 2 heterocycles. The number of nitrogens with one attached hydrogen (secondary N) is 1. The number of benzene rings is 1. The van der Waals surface area contributed by atoms with Crippen LogP contribution in [0.25, 0.3) is 11.5 Å². The second-order valence-electron chi connectivity index (χ2n) is 10.5. The molecule has 39 heavy (non-hydrogen) atoms. The third kappa shape index (κ3) is 6.07. The van der Waals surface area contributed by atoms with Gasteiger partial charge in [-0.15, -0.1) is 0 Å². The number of amides is 2. The molecule has 1 saturated carbocycles. The first-order valence-corrected chi connectivity index (χ1v) is 13.0. The smallest absolute Gasteiger partial charge is 0.405 e. The molecule has 10 nitrogen and oxygen atoms in total. The van der Waals surface area contributed by atoms with Crippen LogP contribution >= 0.6 is 23.2 Å². The Balaban J connectivity index is 1.83. The van der Waals surface area contributed by atoms with Crippen LogP contribution in [0, 0.1) is 11.3 Å². The summed E-state index contributed by atoms with van der Waals surface area (Å²) >= 11 is 12.4. The largest absolute Gasteiger partial charge is 0.493 e. The number of hydrogen-bond donors (Lipinski definition) is 2. The fourth-order valence-electron chi connectivity index (χ4n) is 3.78. The number of nitrogens with two attached hydrogens (primary N) is 1. The van der Waals surface area contributed by atoms with Gasteiger partial charge >= 0.3 is 6.09 Å². The van der Waals surface area contributed by atoms with Gasteiger partial charge in [-0.05, 0) is 43.9 Å². The minimum atomic E-state index is -1.50. The molecule has 1 fully saturated rings. The van der Waals surface area contributed by atoms with E-state index in [1.54, 1.807) is 32.2 Å². The van der Waals surface area contributed by atoms with Gasteiger partial charge in [0.15, 0.2) is 28.6 Å². The highest BCUT2D eigenvalue weighted by atomic mass is 35.5. The standard InChI is InChI=1S/C27H30Cl2N4O6/c1-26(2,3)27(4,39-25(30)35)22-21(23(34)32-20-16(28)11-31-12-17(20)29)33-24(38-22)15-8-9-18(36-5)19(10-15)37-13-14-6-7-14/h8-12,14H,6-7,13H2,1-5H3,(H2,30,35)(H,31,32,34). The van der Waals surface area contributed by atoms with E-state index in [2.05, 4.69) is 15.3 Å². The van der Waals surface area contributed by atoms with Crippen molar-refractivity contribution in [3.05, 3.63) is 52.1 Å². The van der Waals surface area contributed by atoms with Crippen LogP contribution in [0.1, 0.15) is 56.8 Å². The summed E-state index contributed by atoms with van der Waals surface area (Å²) < 4.78 is 23.2. The Morgan fingerprint density at radius 2 is 1.79 bits per heavy atom. The lowest BCUT2D eigenvalue weighted by molar-refractivity contribution is -0.0707. The molecule has 3 aromatic rings. The van der Waals surface area contributed by atoms with Gasteiger partial charge in [-0.25, -0.2) is 9.78 Å². The summed E-state index contributed by atoms with van der Waals surface area (Å²) in [7, 11) is 1.55. The highest BCUT2D eigenvalue weighted by Crippen LogP contribution is 2.46. The van der Waals surface area contributed by atoms with E-state index in [1.165, 1.54) is 12.4 Å². The Bertz CT molecular complexity index is 1380. The number of halogens is 2. The van der Waals surface area contributed by atoms with Crippen molar-refractivity contribution in [2.45, 2.75) is 46.1 Å². The number of hydrogen-bond acceptors (Lipinski definition) is 8. The maximum atomic E-state index is 13.6. The SMILES string of the molecule is COc1ccc(-c2nc(C(=O)Nc3c(Cl)cncc3Cl)c(C(C)(OC(N)=O)C(C)(C)C)o2)cc1OCC1CC1. The number of primary amides is 1. The van der Waals surface area contributed by atoms with Crippen molar-refractivity contribution in [1.29, 1.82) is 0 Å². The summed E-state index contributed by atoms with van der Waals surface area (Å²) in [5.41, 5.74) is 3.66. The lowest BCUT2D eigenvalue weighted by Crippen LogP contribution is -2.44. The van der Waals surface area contributed by atoms with Crippen molar-refractivity contribution in [2.24, 2.45) is 17.1 Å². The number of rotatable bonds is 9. The van der Waals surface area contributed by atoms with Crippen molar-refractivity contribution in [3.8, 4) is 23.0 Å². The maximum absolute atomic E-state index is 13.6. The van der Waals surface area contributed by atoms with E-state index in [0.29, 0.717) is 29.6 Å². The van der Waals surface area contributed by atoms with Gasteiger partial charge < -0.3 is 29.7 Å². The molecule has 3 N–H and O–H groups in total. The van der Waals surface area contributed by atoms with E-state index >= 15 is 0 Å². The van der Waals surface area contributed by atoms with E-state index in [9.17, 15) is 9.59 Å².